The van der Waals surface area contributed by atoms with Crippen molar-refractivity contribution in [2.45, 2.75) is 38.5 Å². The van der Waals surface area contributed by atoms with Crippen LogP contribution in [0.2, 0.25) is 0 Å². The summed E-state index contributed by atoms with van der Waals surface area (Å²) in [6.07, 6.45) is 0. The summed E-state index contributed by atoms with van der Waals surface area (Å²) in [5.41, 5.74) is 1.21. The van der Waals surface area contributed by atoms with Gasteiger partial charge < -0.3 is 5.32 Å². The topological polar surface area (TPSA) is 29.1 Å². The van der Waals surface area contributed by atoms with Crippen molar-refractivity contribution in [3.05, 3.63) is 35.9 Å². The zero-order valence-corrected chi connectivity index (χ0v) is 12.0. The molecule has 1 rings (SSSR count). The first kappa shape index (κ1) is 14.4. The minimum Gasteiger partial charge on any atom is -0.309 e. The predicted molar refractivity (Wildman–Crippen MR) is 75.6 cm³/mol. The Hall–Kier alpha value is -0.670. The Morgan fingerprint density at radius 3 is 2.29 bits per heavy atom. The highest BCUT2D eigenvalue weighted by molar-refractivity contribution is 7.86. The maximum Gasteiger partial charge on any atom is 0.0436 e. The molecule has 1 N–H and O–H groups in total. The van der Waals surface area contributed by atoms with Gasteiger partial charge in [-0.3, -0.25) is 4.21 Å². The first-order valence-corrected chi connectivity index (χ1v) is 7.44. The van der Waals surface area contributed by atoms with Crippen molar-refractivity contribution >= 4 is 10.8 Å². The number of hydrogen-bond donors (Lipinski definition) is 1. The van der Waals surface area contributed by atoms with Gasteiger partial charge in [-0.05, 0) is 32.9 Å². The molecule has 0 fully saturated rings. The van der Waals surface area contributed by atoms with E-state index in [9.17, 15) is 4.21 Å². The Balaban J connectivity index is 2.78. The van der Waals surface area contributed by atoms with Gasteiger partial charge in [0, 0.05) is 27.3 Å². The number of rotatable bonds is 5. The van der Waals surface area contributed by atoms with Crippen molar-refractivity contribution in [3.8, 4) is 0 Å². The maximum absolute atomic E-state index is 12.2. The second-order valence-corrected chi connectivity index (χ2v) is 7.39. The highest BCUT2D eigenvalue weighted by Gasteiger charge is 2.23. The lowest BCUT2D eigenvalue weighted by Gasteiger charge is -2.23. The van der Waals surface area contributed by atoms with Gasteiger partial charge in [0.2, 0.25) is 0 Å². The van der Waals surface area contributed by atoms with Crippen LogP contribution in [0.15, 0.2) is 30.3 Å². The lowest BCUT2D eigenvalue weighted by atomic mass is 10.1. The molecule has 2 nitrogen and oxygen atoms in total. The molecule has 2 atom stereocenters. The number of benzene rings is 1. The zero-order valence-electron chi connectivity index (χ0n) is 11.2. The van der Waals surface area contributed by atoms with Crippen LogP contribution in [0, 0.1) is 0 Å². The van der Waals surface area contributed by atoms with Gasteiger partial charge in [-0.15, -0.1) is 0 Å². The zero-order chi connectivity index (χ0) is 12.9. The van der Waals surface area contributed by atoms with E-state index < -0.39 is 10.8 Å². The molecule has 0 amide bonds. The maximum atomic E-state index is 12.2. The van der Waals surface area contributed by atoms with Crippen molar-refractivity contribution < 1.29 is 4.21 Å². The van der Waals surface area contributed by atoms with Crippen LogP contribution >= 0.6 is 0 Å². The molecule has 1 aromatic rings. The second-order valence-electron chi connectivity index (χ2n) is 5.15. The van der Waals surface area contributed by atoms with Crippen molar-refractivity contribution in [2.24, 2.45) is 0 Å². The van der Waals surface area contributed by atoms with Gasteiger partial charge in [-0.25, -0.2) is 0 Å². The molecule has 0 aliphatic carbocycles. The van der Waals surface area contributed by atoms with E-state index in [0.717, 1.165) is 6.54 Å². The first-order chi connectivity index (χ1) is 7.95. The Morgan fingerprint density at radius 2 is 1.82 bits per heavy atom. The summed E-state index contributed by atoms with van der Waals surface area (Å²) in [6.45, 7) is 9.04. The third kappa shape index (κ3) is 4.60. The Bertz CT molecular complexity index is 356. The van der Waals surface area contributed by atoms with Crippen molar-refractivity contribution in [2.75, 3.05) is 12.3 Å². The summed E-state index contributed by atoms with van der Waals surface area (Å²) in [6, 6.07) is 10.4. The Morgan fingerprint density at radius 1 is 1.24 bits per heavy atom. The predicted octanol–water partition coefficient (Wildman–Crippen LogP) is 2.88. The van der Waals surface area contributed by atoms with E-state index in [1.165, 1.54) is 5.56 Å². The van der Waals surface area contributed by atoms with E-state index in [1.807, 2.05) is 39.0 Å². The summed E-state index contributed by atoms with van der Waals surface area (Å²) < 4.78 is 12.0. The van der Waals surface area contributed by atoms with Crippen LogP contribution in [0.25, 0.3) is 0 Å². The molecule has 0 aromatic heterocycles. The van der Waals surface area contributed by atoms with E-state index in [-0.39, 0.29) is 10.8 Å². The van der Waals surface area contributed by atoms with Gasteiger partial charge in [0.05, 0.1) is 0 Å². The van der Waals surface area contributed by atoms with E-state index in [1.54, 1.807) is 0 Å². The second kappa shape index (κ2) is 6.31. The Kier molecular flexibility index (Phi) is 5.34. The smallest absolute Gasteiger partial charge is 0.0436 e. The molecule has 96 valence electrons. The number of nitrogens with one attached hydrogen (secondary N) is 1. The monoisotopic (exact) mass is 253 g/mol. The van der Waals surface area contributed by atoms with Crippen LogP contribution in [0.5, 0.6) is 0 Å². The fourth-order valence-corrected chi connectivity index (χ4v) is 2.72. The first-order valence-electron chi connectivity index (χ1n) is 6.12. The summed E-state index contributed by atoms with van der Waals surface area (Å²) in [5.74, 6) is 0.668. The largest absolute Gasteiger partial charge is 0.309 e. The lowest BCUT2D eigenvalue weighted by molar-refractivity contribution is 0.584. The summed E-state index contributed by atoms with van der Waals surface area (Å²) in [4.78, 5) is 0. The van der Waals surface area contributed by atoms with Gasteiger partial charge in [-0.2, -0.15) is 0 Å². The van der Waals surface area contributed by atoms with Crippen LogP contribution in [0.4, 0.5) is 0 Å². The molecular weight excluding hydrogens is 230 g/mol. The van der Waals surface area contributed by atoms with Crippen LogP contribution in [-0.2, 0) is 10.8 Å². The average Bonchev–Trinajstić information content (AvgIpc) is 2.28. The van der Waals surface area contributed by atoms with Gasteiger partial charge in [0.1, 0.15) is 0 Å². The third-order valence-corrected chi connectivity index (χ3v) is 4.66. The standard InChI is InChI=1S/C14H23NOS/c1-5-15-13(11-17(16)14(2,3)4)12-9-7-6-8-10-12/h6-10,13,15H,5,11H2,1-4H3. The fourth-order valence-electron chi connectivity index (χ4n) is 1.61. The van der Waals surface area contributed by atoms with Gasteiger partial charge in [0.25, 0.3) is 0 Å². The average molecular weight is 253 g/mol. The SMILES string of the molecule is CCNC(CS(=O)C(C)(C)C)c1ccccc1. The molecule has 0 spiro atoms. The lowest BCUT2D eigenvalue weighted by Crippen LogP contribution is -2.32. The quantitative estimate of drug-likeness (QED) is 0.874. The molecule has 1 aromatic carbocycles. The highest BCUT2D eigenvalue weighted by Crippen LogP contribution is 2.19. The highest BCUT2D eigenvalue weighted by atomic mass is 32.2. The molecule has 0 heterocycles. The van der Waals surface area contributed by atoms with Gasteiger partial charge >= 0.3 is 0 Å². The van der Waals surface area contributed by atoms with E-state index >= 15 is 0 Å². The normalized spacial score (nSPS) is 15.5. The number of hydrogen-bond acceptors (Lipinski definition) is 2. The minimum absolute atomic E-state index is 0.150. The Labute approximate surface area is 107 Å². The molecule has 0 bridgehead atoms. The van der Waals surface area contributed by atoms with Crippen molar-refractivity contribution in [3.63, 3.8) is 0 Å². The van der Waals surface area contributed by atoms with Crippen LogP contribution in [0.3, 0.4) is 0 Å². The molecule has 2 unspecified atom stereocenters. The van der Waals surface area contributed by atoms with Crippen molar-refractivity contribution in [1.29, 1.82) is 0 Å². The summed E-state index contributed by atoms with van der Waals surface area (Å²) in [5, 5.41) is 3.41. The molecule has 0 aliphatic rings. The van der Waals surface area contributed by atoms with Crippen molar-refractivity contribution in [1.82, 2.24) is 5.32 Å². The molecule has 0 aliphatic heterocycles. The molecule has 0 saturated heterocycles. The van der Waals surface area contributed by atoms with E-state index in [0.29, 0.717) is 5.75 Å². The third-order valence-electron chi connectivity index (χ3n) is 2.65. The summed E-state index contributed by atoms with van der Waals surface area (Å²) >= 11 is 0. The van der Waals surface area contributed by atoms with Crippen LogP contribution in [0.1, 0.15) is 39.3 Å². The molecule has 0 saturated carbocycles. The van der Waals surface area contributed by atoms with Gasteiger partial charge in [-0.1, -0.05) is 37.3 Å². The van der Waals surface area contributed by atoms with E-state index in [4.69, 9.17) is 0 Å². The van der Waals surface area contributed by atoms with E-state index in [2.05, 4.69) is 24.4 Å². The molecular formula is C14H23NOS. The van der Waals surface area contributed by atoms with Crippen LogP contribution < -0.4 is 5.32 Å². The summed E-state index contributed by atoms with van der Waals surface area (Å²) in [7, 11) is -0.832. The van der Waals surface area contributed by atoms with Crippen LogP contribution in [-0.4, -0.2) is 21.3 Å². The molecule has 3 heteroatoms. The minimum atomic E-state index is -0.832. The molecule has 0 radical (unpaired) electrons. The molecule has 17 heavy (non-hydrogen) atoms. The van der Waals surface area contributed by atoms with Gasteiger partial charge in [0.15, 0.2) is 0 Å². The fraction of sp³-hybridized carbons (Fsp3) is 0.571.